The second-order valence-electron chi connectivity index (χ2n) is 3.22. The summed E-state index contributed by atoms with van der Waals surface area (Å²) in [4.78, 5) is 0. The van der Waals surface area contributed by atoms with E-state index < -0.39 is 0 Å². The monoisotopic (exact) mass is 176 g/mol. The van der Waals surface area contributed by atoms with Crippen LogP contribution in [0.15, 0.2) is 24.3 Å². The summed E-state index contributed by atoms with van der Waals surface area (Å²) in [6, 6.07) is 8.09. The van der Waals surface area contributed by atoms with Crippen LogP contribution >= 0.6 is 0 Å². The van der Waals surface area contributed by atoms with Crippen molar-refractivity contribution in [2.24, 2.45) is 0 Å². The molecule has 2 nitrogen and oxygen atoms in total. The Bertz CT molecular complexity index is 275. The maximum Gasteiger partial charge on any atom is 0.0975 e. The van der Waals surface area contributed by atoms with E-state index in [4.69, 9.17) is 5.41 Å². The van der Waals surface area contributed by atoms with E-state index in [0.29, 0.717) is 5.84 Å². The predicted octanol–water partition coefficient (Wildman–Crippen LogP) is 3.18. The van der Waals surface area contributed by atoms with Gasteiger partial charge < -0.3 is 5.32 Å². The van der Waals surface area contributed by atoms with E-state index in [0.717, 1.165) is 18.5 Å². The summed E-state index contributed by atoms with van der Waals surface area (Å²) in [7, 11) is 0. The van der Waals surface area contributed by atoms with Crippen LogP contribution in [0.3, 0.4) is 0 Å². The third-order valence-electron chi connectivity index (χ3n) is 1.85. The maximum atomic E-state index is 7.57. The molecule has 1 aromatic rings. The molecule has 0 bridgehead atoms. The first-order valence-corrected chi connectivity index (χ1v) is 4.63. The number of rotatable bonds is 3. The van der Waals surface area contributed by atoms with Crippen molar-refractivity contribution in [3.63, 3.8) is 0 Å². The molecule has 1 rings (SSSR count). The highest BCUT2D eigenvalue weighted by Crippen LogP contribution is 2.09. The summed E-state index contributed by atoms with van der Waals surface area (Å²) < 4.78 is 0. The highest BCUT2D eigenvalue weighted by atomic mass is 14.9. The third kappa shape index (κ3) is 3.28. The first kappa shape index (κ1) is 9.78. The van der Waals surface area contributed by atoms with Gasteiger partial charge in [0.1, 0.15) is 0 Å². The van der Waals surface area contributed by atoms with Crippen molar-refractivity contribution in [2.75, 3.05) is 5.32 Å². The Morgan fingerprint density at radius 2 is 1.92 bits per heavy atom. The van der Waals surface area contributed by atoms with Crippen LogP contribution in [0.5, 0.6) is 0 Å². The second-order valence-corrected chi connectivity index (χ2v) is 3.22. The molecule has 0 aliphatic heterocycles. The van der Waals surface area contributed by atoms with Crippen LogP contribution in [0.2, 0.25) is 0 Å². The molecule has 0 radical (unpaired) electrons. The van der Waals surface area contributed by atoms with Gasteiger partial charge in [0, 0.05) is 12.1 Å². The Labute approximate surface area is 79.5 Å². The van der Waals surface area contributed by atoms with Crippen LogP contribution in [0, 0.1) is 12.3 Å². The lowest BCUT2D eigenvalue weighted by molar-refractivity contribution is 0.983. The zero-order valence-electron chi connectivity index (χ0n) is 8.22. The van der Waals surface area contributed by atoms with Gasteiger partial charge in [-0.1, -0.05) is 24.6 Å². The van der Waals surface area contributed by atoms with E-state index in [1.165, 1.54) is 5.56 Å². The topological polar surface area (TPSA) is 35.9 Å². The summed E-state index contributed by atoms with van der Waals surface area (Å²) in [5, 5.41) is 10.6. The number of aryl methyl sites for hydroxylation is 1. The van der Waals surface area contributed by atoms with Crippen LogP contribution in [-0.4, -0.2) is 5.84 Å². The molecule has 0 aliphatic carbocycles. The molecular weight excluding hydrogens is 160 g/mol. The van der Waals surface area contributed by atoms with Gasteiger partial charge >= 0.3 is 0 Å². The Kier molecular flexibility index (Phi) is 3.50. The van der Waals surface area contributed by atoms with Gasteiger partial charge in [-0.15, -0.1) is 0 Å². The van der Waals surface area contributed by atoms with Gasteiger partial charge in [0.2, 0.25) is 0 Å². The lowest BCUT2D eigenvalue weighted by atomic mass is 10.2. The maximum absolute atomic E-state index is 7.57. The molecule has 0 spiro atoms. The smallest absolute Gasteiger partial charge is 0.0975 e. The largest absolute Gasteiger partial charge is 0.344 e. The molecule has 1 aromatic carbocycles. The summed E-state index contributed by atoms with van der Waals surface area (Å²) >= 11 is 0. The van der Waals surface area contributed by atoms with Crippen molar-refractivity contribution in [2.45, 2.75) is 26.7 Å². The molecule has 0 heterocycles. The fraction of sp³-hybridized carbons (Fsp3) is 0.364. The lowest BCUT2D eigenvalue weighted by Crippen LogP contribution is -2.09. The summed E-state index contributed by atoms with van der Waals surface area (Å²) in [6.45, 7) is 4.13. The van der Waals surface area contributed by atoms with Gasteiger partial charge in [-0.2, -0.15) is 0 Å². The van der Waals surface area contributed by atoms with Gasteiger partial charge in [0.15, 0.2) is 0 Å². The number of benzene rings is 1. The van der Waals surface area contributed by atoms with Crippen LogP contribution in [0.4, 0.5) is 5.69 Å². The van der Waals surface area contributed by atoms with Crippen LogP contribution in [0.25, 0.3) is 0 Å². The minimum atomic E-state index is 0.589. The van der Waals surface area contributed by atoms with Gasteiger partial charge in [-0.25, -0.2) is 0 Å². The first-order chi connectivity index (χ1) is 6.22. The summed E-state index contributed by atoms with van der Waals surface area (Å²) in [5.74, 6) is 0.589. The van der Waals surface area contributed by atoms with E-state index in [9.17, 15) is 0 Å². The van der Waals surface area contributed by atoms with Gasteiger partial charge in [-0.3, -0.25) is 5.41 Å². The van der Waals surface area contributed by atoms with E-state index in [2.05, 4.69) is 19.2 Å². The van der Waals surface area contributed by atoms with E-state index in [-0.39, 0.29) is 0 Å². The predicted molar refractivity (Wildman–Crippen MR) is 57.4 cm³/mol. The molecule has 0 saturated heterocycles. The molecule has 0 atom stereocenters. The SMILES string of the molecule is CCCC(=N)Nc1ccc(C)cc1. The number of nitrogens with one attached hydrogen (secondary N) is 2. The standard InChI is InChI=1S/C11H16N2/c1-3-4-11(12)13-10-7-5-9(2)6-8-10/h5-8H,3-4H2,1-2H3,(H2,12,13). The molecule has 70 valence electrons. The lowest BCUT2D eigenvalue weighted by Gasteiger charge is -2.06. The van der Waals surface area contributed by atoms with Crippen molar-refractivity contribution in [3.8, 4) is 0 Å². The van der Waals surface area contributed by atoms with Crippen molar-refractivity contribution in [1.82, 2.24) is 0 Å². The fourth-order valence-electron chi connectivity index (χ4n) is 1.12. The van der Waals surface area contributed by atoms with E-state index >= 15 is 0 Å². The average molecular weight is 176 g/mol. The molecule has 0 fully saturated rings. The molecule has 0 saturated carbocycles. The number of amidine groups is 1. The van der Waals surface area contributed by atoms with E-state index in [1.807, 2.05) is 24.3 Å². The van der Waals surface area contributed by atoms with Crippen LogP contribution in [0.1, 0.15) is 25.3 Å². The minimum absolute atomic E-state index is 0.589. The van der Waals surface area contributed by atoms with Gasteiger partial charge in [-0.05, 0) is 25.5 Å². The first-order valence-electron chi connectivity index (χ1n) is 4.63. The fourth-order valence-corrected chi connectivity index (χ4v) is 1.12. The normalized spacial score (nSPS) is 9.69. The van der Waals surface area contributed by atoms with Crippen molar-refractivity contribution >= 4 is 11.5 Å². The van der Waals surface area contributed by atoms with Crippen molar-refractivity contribution in [1.29, 1.82) is 5.41 Å². The molecule has 0 unspecified atom stereocenters. The van der Waals surface area contributed by atoms with Crippen LogP contribution < -0.4 is 5.32 Å². The highest BCUT2D eigenvalue weighted by Gasteiger charge is 1.95. The second kappa shape index (κ2) is 4.65. The Balaban J connectivity index is 2.54. The molecular formula is C11H16N2. The number of hydrogen-bond acceptors (Lipinski definition) is 1. The zero-order chi connectivity index (χ0) is 9.68. The quantitative estimate of drug-likeness (QED) is 0.538. The highest BCUT2D eigenvalue weighted by molar-refractivity contribution is 5.92. The van der Waals surface area contributed by atoms with Gasteiger partial charge in [0.05, 0.1) is 5.84 Å². The zero-order valence-corrected chi connectivity index (χ0v) is 8.22. The Hall–Kier alpha value is -1.31. The Morgan fingerprint density at radius 3 is 2.46 bits per heavy atom. The Morgan fingerprint density at radius 1 is 1.31 bits per heavy atom. The van der Waals surface area contributed by atoms with Gasteiger partial charge in [0.25, 0.3) is 0 Å². The average Bonchev–Trinajstić information content (AvgIpc) is 2.09. The summed E-state index contributed by atoms with van der Waals surface area (Å²) in [5.41, 5.74) is 2.25. The van der Waals surface area contributed by atoms with Crippen molar-refractivity contribution in [3.05, 3.63) is 29.8 Å². The third-order valence-corrected chi connectivity index (χ3v) is 1.85. The minimum Gasteiger partial charge on any atom is -0.344 e. The molecule has 2 N–H and O–H groups in total. The number of anilines is 1. The number of hydrogen-bond donors (Lipinski definition) is 2. The molecule has 0 amide bonds. The molecule has 0 aromatic heterocycles. The van der Waals surface area contributed by atoms with Crippen molar-refractivity contribution < 1.29 is 0 Å². The summed E-state index contributed by atoms with van der Waals surface area (Å²) in [6.07, 6.45) is 1.82. The molecule has 13 heavy (non-hydrogen) atoms. The molecule has 2 heteroatoms. The van der Waals surface area contributed by atoms with Crippen LogP contribution in [-0.2, 0) is 0 Å². The van der Waals surface area contributed by atoms with E-state index in [1.54, 1.807) is 0 Å². The molecule has 0 aliphatic rings.